The predicted octanol–water partition coefficient (Wildman–Crippen LogP) is 0.732. The van der Waals surface area contributed by atoms with Crippen LogP contribution in [-0.4, -0.2) is 45.3 Å². The van der Waals surface area contributed by atoms with Crippen molar-refractivity contribution in [2.24, 2.45) is 0 Å². The van der Waals surface area contributed by atoms with Gasteiger partial charge in [0.15, 0.2) is 0 Å². The SMILES string of the molecule is CCCN1C(=O)CC(SCCC(=O)O)C1=O. The molecule has 0 bridgehead atoms. The third-order valence-electron chi connectivity index (χ3n) is 2.28. The van der Waals surface area contributed by atoms with Gasteiger partial charge in [0.25, 0.3) is 0 Å². The quantitative estimate of drug-likeness (QED) is 0.698. The lowest BCUT2D eigenvalue weighted by Gasteiger charge is -2.12. The number of carbonyl (C=O) groups excluding carboxylic acids is 2. The van der Waals surface area contributed by atoms with Crippen LogP contribution in [0.15, 0.2) is 0 Å². The van der Waals surface area contributed by atoms with Gasteiger partial charge in [-0.05, 0) is 6.42 Å². The van der Waals surface area contributed by atoms with Crippen molar-refractivity contribution >= 4 is 29.5 Å². The van der Waals surface area contributed by atoms with E-state index in [9.17, 15) is 14.4 Å². The summed E-state index contributed by atoms with van der Waals surface area (Å²) in [5.74, 6) is -0.810. The molecule has 1 aliphatic rings. The molecule has 0 radical (unpaired) electrons. The van der Waals surface area contributed by atoms with Gasteiger partial charge in [-0.1, -0.05) is 6.92 Å². The number of likely N-dealkylation sites (tertiary alicyclic amines) is 1. The summed E-state index contributed by atoms with van der Waals surface area (Å²) in [5, 5.41) is 8.09. The standard InChI is InChI=1S/C10H15NO4S/c1-2-4-11-8(12)6-7(10(11)15)16-5-3-9(13)14/h7H,2-6H2,1H3,(H,13,14). The highest BCUT2D eigenvalue weighted by Gasteiger charge is 2.37. The van der Waals surface area contributed by atoms with Crippen LogP contribution in [0.4, 0.5) is 0 Å². The number of aliphatic carboxylic acids is 1. The van der Waals surface area contributed by atoms with Crippen LogP contribution in [-0.2, 0) is 14.4 Å². The number of carboxylic acid groups (broad SMARTS) is 1. The van der Waals surface area contributed by atoms with Crippen molar-refractivity contribution in [1.29, 1.82) is 0 Å². The van der Waals surface area contributed by atoms with Crippen LogP contribution in [0.3, 0.4) is 0 Å². The Balaban J connectivity index is 2.42. The van der Waals surface area contributed by atoms with E-state index in [0.717, 1.165) is 6.42 Å². The van der Waals surface area contributed by atoms with E-state index in [4.69, 9.17) is 5.11 Å². The van der Waals surface area contributed by atoms with E-state index in [2.05, 4.69) is 0 Å². The average molecular weight is 245 g/mol. The zero-order chi connectivity index (χ0) is 12.1. The zero-order valence-corrected chi connectivity index (χ0v) is 9.96. The van der Waals surface area contributed by atoms with Gasteiger partial charge in [0.2, 0.25) is 11.8 Å². The fourth-order valence-electron chi connectivity index (χ4n) is 1.53. The number of rotatable bonds is 6. The summed E-state index contributed by atoms with van der Waals surface area (Å²) in [4.78, 5) is 34.8. The molecule has 2 amide bonds. The third-order valence-corrected chi connectivity index (χ3v) is 3.50. The molecule has 5 nitrogen and oxygen atoms in total. The van der Waals surface area contributed by atoms with Crippen molar-refractivity contribution in [3.63, 3.8) is 0 Å². The molecular weight excluding hydrogens is 230 g/mol. The van der Waals surface area contributed by atoms with Crippen molar-refractivity contribution in [2.75, 3.05) is 12.3 Å². The van der Waals surface area contributed by atoms with Crippen molar-refractivity contribution in [2.45, 2.75) is 31.4 Å². The molecule has 1 aliphatic heterocycles. The van der Waals surface area contributed by atoms with Gasteiger partial charge < -0.3 is 5.11 Å². The maximum absolute atomic E-state index is 11.7. The minimum atomic E-state index is -0.880. The van der Waals surface area contributed by atoms with Crippen molar-refractivity contribution in [3.05, 3.63) is 0 Å². The fourth-order valence-corrected chi connectivity index (χ4v) is 2.64. The summed E-state index contributed by atoms with van der Waals surface area (Å²) >= 11 is 1.26. The Labute approximate surface area is 98.2 Å². The second kappa shape index (κ2) is 5.89. The number of carboxylic acids is 1. The predicted molar refractivity (Wildman–Crippen MR) is 60.1 cm³/mol. The van der Waals surface area contributed by atoms with E-state index < -0.39 is 5.97 Å². The number of nitrogens with zero attached hydrogens (tertiary/aromatic N) is 1. The van der Waals surface area contributed by atoms with Crippen LogP contribution >= 0.6 is 11.8 Å². The molecule has 90 valence electrons. The van der Waals surface area contributed by atoms with Gasteiger partial charge >= 0.3 is 5.97 Å². The molecule has 1 fully saturated rings. The van der Waals surface area contributed by atoms with Crippen LogP contribution in [0.25, 0.3) is 0 Å². The van der Waals surface area contributed by atoms with Gasteiger partial charge in [0, 0.05) is 18.7 Å². The molecule has 0 aromatic rings. The highest BCUT2D eigenvalue weighted by molar-refractivity contribution is 8.00. The van der Waals surface area contributed by atoms with Crippen LogP contribution in [0, 0.1) is 0 Å². The normalized spacial score (nSPS) is 20.6. The molecule has 0 saturated carbocycles. The van der Waals surface area contributed by atoms with Crippen molar-refractivity contribution in [1.82, 2.24) is 4.90 Å². The zero-order valence-electron chi connectivity index (χ0n) is 9.14. The summed E-state index contributed by atoms with van der Waals surface area (Å²) < 4.78 is 0. The highest BCUT2D eigenvalue weighted by Crippen LogP contribution is 2.25. The maximum atomic E-state index is 11.7. The summed E-state index contributed by atoms with van der Waals surface area (Å²) in [6.07, 6.45) is 0.990. The number of hydrogen-bond acceptors (Lipinski definition) is 4. The number of thioether (sulfide) groups is 1. The molecule has 0 spiro atoms. The number of imide groups is 1. The van der Waals surface area contributed by atoms with Crippen molar-refractivity contribution in [3.8, 4) is 0 Å². The van der Waals surface area contributed by atoms with Gasteiger partial charge in [-0.2, -0.15) is 0 Å². The van der Waals surface area contributed by atoms with Gasteiger partial charge in [-0.15, -0.1) is 11.8 Å². The Bertz CT molecular complexity index is 305. The Kier molecular flexibility index (Phi) is 4.79. The lowest BCUT2D eigenvalue weighted by atomic mass is 10.4. The summed E-state index contributed by atoms with van der Waals surface area (Å²) in [7, 11) is 0. The molecule has 1 atom stereocenters. The van der Waals surface area contributed by atoms with Crippen LogP contribution in [0.5, 0.6) is 0 Å². The molecule has 1 unspecified atom stereocenters. The van der Waals surface area contributed by atoms with Crippen molar-refractivity contribution < 1.29 is 19.5 Å². The Morgan fingerprint density at radius 1 is 1.56 bits per heavy atom. The van der Waals surface area contributed by atoms with Gasteiger partial charge in [0.1, 0.15) is 0 Å². The molecule has 0 aromatic heterocycles. The summed E-state index contributed by atoms with van der Waals surface area (Å²) in [6.45, 7) is 2.37. The molecule has 0 aliphatic carbocycles. The Morgan fingerprint density at radius 3 is 2.81 bits per heavy atom. The summed E-state index contributed by atoms with van der Waals surface area (Å²) in [6, 6.07) is 0. The van der Waals surface area contributed by atoms with Crippen LogP contribution < -0.4 is 0 Å². The number of hydrogen-bond donors (Lipinski definition) is 1. The first-order valence-electron chi connectivity index (χ1n) is 5.23. The second-order valence-corrected chi connectivity index (χ2v) is 4.90. The Morgan fingerprint density at radius 2 is 2.25 bits per heavy atom. The topological polar surface area (TPSA) is 74.7 Å². The lowest BCUT2D eigenvalue weighted by Crippen LogP contribution is -2.32. The molecule has 6 heteroatoms. The summed E-state index contributed by atoms with van der Waals surface area (Å²) in [5.41, 5.74) is 0. The largest absolute Gasteiger partial charge is 0.481 e. The second-order valence-electron chi connectivity index (χ2n) is 3.59. The first-order chi connectivity index (χ1) is 7.56. The highest BCUT2D eigenvalue weighted by atomic mass is 32.2. The monoisotopic (exact) mass is 245 g/mol. The van der Waals surface area contributed by atoms with Gasteiger partial charge in [0.05, 0.1) is 11.7 Å². The van der Waals surface area contributed by atoms with E-state index in [0.29, 0.717) is 12.3 Å². The Hall–Kier alpha value is -1.04. The fraction of sp³-hybridized carbons (Fsp3) is 0.700. The van der Waals surface area contributed by atoms with Crippen LogP contribution in [0.1, 0.15) is 26.2 Å². The minimum Gasteiger partial charge on any atom is -0.481 e. The number of amides is 2. The van der Waals surface area contributed by atoms with Gasteiger partial charge in [-0.3, -0.25) is 19.3 Å². The molecule has 16 heavy (non-hydrogen) atoms. The van der Waals surface area contributed by atoms with E-state index in [1.807, 2.05) is 6.92 Å². The first-order valence-corrected chi connectivity index (χ1v) is 6.28. The molecule has 1 N–H and O–H groups in total. The molecule has 1 heterocycles. The average Bonchev–Trinajstić information content (AvgIpc) is 2.46. The minimum absolute atomic E-state index is 0.0242. The van der Waals surface area contributed by atoms with E-state index in [1.165, 1.54) is 16.7 Å². The molecule has 0 aromatic carbocycles. The van der Waals surface area contributed by atoms with Gasteiger partial charge in [-0.25, -0.2) is 0 Å². The van der Waals surface area contributed by atoms with E-state index in [1.54, 1.807) is 0 Å². The first kappa shape index (κ1) is 13.0. The van der Waals surface area contributed by atoms with E-state index >= 15 is 0 Å². The molecular formula is C10H15NO4S. The lowest BCUT2D eigenvalue weighted by molar-refractivity contribution is -0.139. The third kappa shape index (κ3) is 3.23. The molecule has 1 rings (SSSR count). The van der Waals surface area contributed by atoms with E-state index in [-0.39, 0.29) is 29.9 Å². The smallest absolute Gasteiger partial charge is 0.304 e. The molecule has 1 saturated heterocycles. The van der Waals surface area contributed by atoms with Crippen LogP contribution in [0.2, 0.25) is 0 Å². The number of carbonyl (C=O) groups is 3. The maximum Gasteiger partial charge on any atom is 0.304 e.